The predicted molar refractivity (Wildman–Crippen MR) is 128 cm³/mol. The second-order valence-corrected chi connectivity index (χ2v) is 8.43. The average molecular weight is 467 g/mol. The molecule has 0 bridgehead atoms. The fraction of sp³-hybridized carbons (Fsp3) is 0.280. The largest absolute Gasteiger partial charge is 0.473 e. The first-order valence-corrected chi connectivity index (χ1v) is 11.2. The number of allylic oxidation sites excluding steroid dienone is 1. The Kier molecular flexibility index (Phi) is 6.99. The highest BCUT2D eigenvalue weighted by Gasteiger charge is 2.17. The number of nitrogens with one attached hydrogen (secondary N) is 1. The first-order valence-electron chi connectivity index (χ1n) is 10.8. The van der Waals surface area contributed by atoms with Crippen LogP contribution in [0.25, 0.3) is 22.3 Å². The van der Waals surface area contributed by atoms with E-state index in [4.69, 9.17) is 16.3 Å². The van der Waals surface area contributed by atoms with E-state index >= 15 is 0 Å². The number of benzene rings is 2. The molecule has 170 valence electrons. The number of hydrogen-bond acceptors (Lipinski definition) is 5. The zero-order valence-electron chi connectivity index (χ0n) is 18.4. The Bertz CT molecular complexity index is 1260. The van der Waals surface area contributed by atoms with Crippen molar-refractivity contribution in [1.29, 1.82) is 0 Å². The number of hydrogen-bond donors (Lipinski definition) is 1. The number of carbonyl (C=O) groups is 1. The number of aliphatic imine (C=N–C) groups is 1. The van der Waals surface area contributed by atoms with E-state index < -0.39 is 5.82 Å². The maximum absolute atomic E-state index is 13.7. The maximum atomic E-state index is 13.7. The lowest BCUT2D eigenvalue weighted by Gasteiger charge is -2.14. The highest BCUT2D eigenvalue weighted by molar-refractivity contribution is 6.31. The van der Waals surface area contributed by atoms with E-state index in [0.29, 0.717) is 40.3 Å². The quantitative estimate of drug-likeness (QED) is 0.429. The fourth-order valence-electron chi connectivity index (χ4n) is 3.48. The van der Waals surface area contributed by atoms with Crippen molar-refractivity contribution in [2.24, 2.45) is 4.99 Å². The number of nitrogens with zero attached hydrogens (tertiary/aromatic N) is 3. The van der Waals surface area contributed by atoms with E-state index in [0.717, 1.165) is 25.0 Å². The molecular weight excluding hydrogens is 443 g/mol. The number of carbonyl (C=O) groups excluding carboxylic acids is 1. The third-order valence-corrected chi connectivity index (χ3v) is 5.37. The summed E-state index contributed by atoms with van der Waals surface area (Å²) in [5.74, 6) is -0.378. The number of aromatic nitrogens is 2. The summed E-state index contributed by atoms with van der Waals surface area (Å²) in [4.78, 5) is 26.2. The summed E-state index contributed by atoms with van der Waals surface area (Å²) in [7, 11) is 0. The highest BCUT2D eigenvalue weighted by Crippen LogP contribution is 2.32. The van der Waals surface area contributed by atoms with E-state index in [2.05, 4.69) is 20.3 Å². The highest BCUT2D eigenvalue weighted by atomic mass is 35.5. The van der Waals surface area contributed by atoms with Gasteiger partial charge in [0.05, 0.1) is 22.2 Å². The SMILES string of the molecule is CC(C)Oc1nc2ccc(C(=O)NCCCC3=NC=CC3)cc2nc1-c1ccc(F)c(Cl)c1. The van der Waals surface area contributed by atoms with Crippen molar-refractivity contribution >= 4 is 34.3 Å². The summed E-state index contributed by atoms with van der Waals surface area (Å²) in [5.41, 5.74) is 3.74. The molecule has 33 heavy (non-hydrogen) atoms. The molecule has 0 saturated carbocycles. The van der Waals surface area contributed by atoms with Crippen LogP contribution in [0.5, 0.6) is 5.88 Å². The van der Waals surface area contributed by atoms with Crippen LogP contribution in [0.3, 0.4) is 0 Å². The molecule has 0 aliphatic carbocycles. The van der Waals surface area contributed by atoms with Crippen molar-refractivity contribution in [3.8, 4) is 17.1 Å². The van der Waals surface area contributed by atoms with Crippen LogP contribution in [-0.2, 0) is 0 Å². The van der Waals surface area contributed by atoms with Gasteiger partial charge in [-0.15, -0.1) is 0 Å². The third-order valence-electron chi connectivity index (χ3n) is 5.08. The molecule has 1 amide bonds. The number of fused-ring (bicyclic) bond motifs is 1. The van der Waals surface area contributed by atoms with Crippen LogP contribution in [0.2, 0.25) is 5.02 Å². The van der Waals surface area contributed by atoms with Crippen molar-refractivity contribution < 1.29 is 13.9 Å². The maximum Gasteiger partial charge on any atom is 0.251 e. The van der Waals surface area contributed by atoms with Crippen LogP contribution >= 0.6 is 11.6 Å². The van der Waals surface area contributed by atoms with Crippen LogP contribution < -0.4 is 10.1 Å². The molecule has 0 atom stereocenters. The molecule has 0 spiro atoms. The topological polar surface area (TPSA) is 76.5 Å². The summed E-state index contributed by atoms with van der Waals surface area (Å²) in [5, 5.41) is 2.92. The van der Waals surface area contributed by atoms with Gasteiger partial charge in [0.2, 0.25) is 5.88 Å². The molecule has 1 N–H and O–H groups in total. The van der Waals surface area contributed by atoms with Crippen LogP contribution in [0.1, 0.15) is 43.5 Å². The zero-order valence-corrected chi connectivity index (χ0v) is 19.2. The minimum absolute atomic E-state index is 0.0163. The molecule has 3 aromatic rings. The lowest BCUT2D eigenvalue weighted by atomic mass is 10.1. The van der Waals surface area contributed by atoms with Crippen molar-refractivity contribution in [1.82, 2.24) is 15.3 Å². The second-order valence-electron chi connectivity index (χ2n) is 8.02. The third kappa shape index (κ3) is 5.54. The first kappa shape index (κ1) is 22.9. The van der Waals surface area contributed by atoms with Crippen molar-refractivity contribution in [3.63, 3.8) is 0 Å². The van der Waals surface area contributed by atoms with Gasteiger partial charge >= 0.3 is 0 Å². The summed E-state index contributed by atoms with van der Waals surface area (Å²) in [6, 6.07) is 9.48. The average Bonchev–Trinajstić information content (AvgIpc) is 3.31. The molecule has 0 fully saturated rings. The summed E-state index contributed by atoms with van der Waals surface area (Å²) in [6.07, 6.45) is 6.28. The minimum Gasteiger partial charge on any atom is -0.473 e. The van der Waals surface area contributed by atoms with Gasteiger partial charge in [-0.25, -0.2) is 14.4 Å². The molecule has 0 unspecified atom stereocenters. The van der Waals surface area contributed by atoms with Gasteiger partial charge in [-0.3, -0.25) is 9.79 Å². The van der Waals surface area contributed by atoms with E-state index in [1.54, 1.807) is 24.3 Å². The number of amides is 1. The predicted octanol–water partition coefficient (Wildman–Crippen LogP) is 5.74. The molecule has 0 saturated heterocycles. The van der Waals surface area contributed by atoms with Crippen LogP contribution in [0.4, 0.5) is 4.39 Å². The Balaban J connectivity index is 1.58. The lowest BCUT2D eigenvalue weighted by molar-refractivity contribution is 0.0953. The minimum atomic E-state index is -0.518. The molecule has 4 rings (SSSR count). The van der Waals surface area contributed by atoms with Crippen LogP contribution in [0, 0.1) is 5.82 Å². The Morgan fingerprint density at radius 3 is 2.76 bits per heavy atom. The standard InChI is InChI=1S/C25H24ClFN4O2/c1-15(2)33-25-23(16-7-9-20(27)19(26)13-16)30-22-14-17(8-10-21(22)31-25)24(32)29-12-4-6-18-5-3-11-28-18/h3,7-11,13-15H,4-6,12H2,1-2H3,(H,29,32). The normalized spacial score (nSPS) is 12.9. The van der Waals surface area contributed by atoms with Gasteiger partial charge in [0.1, 0.15) is 11.5 Å². The van der Waals surface area contributed by atoms with E-state index in [9.17, 15) is 9.18 Å². The summed E-state index contributed by atoms with van der Waals surface area (Å²) in [6.45, 7) is 4.33. The number of rotatable bonds is 8. The van der Waals surface area contributed by atoms with Gasteiger partial charge in [-0.05, 0) is 63.1 Å². The molecular formula is C25H24ClFN4O2. The van der Waals surface area contributed by atoms with Gasteiger partial charge < -0.3 is 10.1 Å². The van der Waals surface area contributed by atoms with Crippen LogP contribution in [0.15, 0.2) is 53.7 Å². The monoisotopic (exact) mass is 466 g/mol. The van der Waals surface area contributed by atoms with E-state index in [1.165, 1.54) is 12.1 Å². The van der Waals surface area contributed by atoms with Gasteiger partial charge in [-0.1, -0.05) is 17.7 Å². The van der Waals surface area contributed by atoms with Gasteiger partial charge in [-0.2, -0.15) is 0 Å². The van der Waals surface area contributed by atoms with Gasteiger partial charge in [0.25, 0.3) is 5.91 Å². The Morgan fingerprint density at radius 1 is 1.18 bits per heavy atom. The summed E-state index contributed by atoms with van der Waals surface area (Å²) < 4.78 is 19.5. The Morgan fingerprint density at radius 2 is 2.03 bits per heavy atom. The molecule has 8 heteroatoms. The van der Waals surface area contributed by atoms with E-state index in [1.807, 2.05) is 26.1 Å². The molecule has 6 nitrogen and oxygen atoms in total. The molecule has 1 aromatic heterocycles. The molecule has 1 aliphatic rings. The Labute approximate surface area is 196 Å². The van der Waals surface area contributed by atoms with Gasteiger partial charge in [0, 0.05) is 36.0 Å². The Hall–Kier alpha value is -3.32. The first-order chi connectivity index (χ1) is 15.9. The molecule has 2 heterocycles. The lowest BCUT2D eigenvalue weighted by Crippen LogP contribution is -2.24. The molecule has 1 aliphatic heterocycles. The summed E-state index contributed by atoms with van der Waals surface area (Å²) >= 11 is 5.98. The van der Waals surface area contributed by atoms with Gasteiger partial charge in [0.15, 0.2) is 0 Å². The fourth-order valence-corrected chi connectivity index (χ4v) is 3.66. The molecule has 2 aromatic carbocycles. The zero-order chi connectivity index (χ0) is 23.4. The molecule has 0 radical (unpaired) electrons. The number of halogens is 2. The second kappa shape index (κ2) is 10.1. The van der Waals surface area contributed by atoms with E-state index in [-0.39, 0.29) is 17.0 Å². The van der Waals surface area contributed by atoms with Crippen molar-refractivity contribution in [2.75, 3.05) is 6.54 Å². The van der Waals surface area contributed by atoms with Crippen LogP contribution in [-0.4, -0.2) is 34.2 Å². The van der Waals surface area contributed by atoms with Crippen molar-refractivity contribution in [2.45, 2.75) is 39.2 Å². The smallest absolute Gasteiger partial charge is 0.251 e. The van der Waals surface area contributed by atoms with Crippen molar-refractivity contribution in [3.05, 3.63) is 65.1 Å². The number of ether oxygens (including phenoxy) is 1.